The molecule has 0 unspecified atom stereocenters. The molecular weight excluding hydrogens is 389 g/mol. The smallest absolute Gasteiger partial charge is 0.194 e. The molecule has 4 nitrogen and oxygen atoms in total. The predicted octanol–water partition coefficient (Wildman–Crippen LogP) is 3.81. The van der Waals surface area contributed by atoms with Gasteiger partial charge in [0.05, 0.1) is 6.26 Å². The number of nitrogens with zero attached hydrogens (tertiary/aromatic N) is 2. The third kappa shape index (κ3) is 5.18. The SMILES string of the molecule is I.c1coc(CCN=C(NC2CCCC2)N2CCCCC2)c1. The molecule has 1 N–H and O–H groups in total. The topological polar surface area (TPSA) is 40.8 Å². The van der Waals surface area contributed by atoms with Crippen LogP contribution in [0.15, 0.2) is 27.8 Å². The van der Waals surface area contributed by atoms with E-state index in [-0.39, 0.29) is 24.0 Å². The molecule has 0 radical (unpaired) electrons. The lowest BCUT2D eigenvalue weighted by Gasteiger charge is -2.31. The van der Waals surface area contributed by atoms with Gasteiger partial charge in [-0.1, -0.05) is 12.8 Å². The van der Waals surface area contributed by atoms with Gasteiger partial charge in [0.1, 0.15) is 5.76 Å². The lowest BCUT2D eigenvalue weighted by molar-refractivity contribution is 0.326. The van der Waals surface area contributed by atoms with Gasteiger partial charge in [-0.3, -0.25) is 4.99 Å². The highest BCUT2D eigenvalue weighted by atomic mass is 127. The average molecular weight is 417 g/mol. The van der Waals surface area contributed by atoms with Gasteiger partial charge in [-0.15, -0.1) is 24.0 Å². The average Bonchev–Trinajstić information content (AvgIpc) is 3.20. The number of rotatable bonds is 4. The molecule has 0 atom stereocenters. The fraction of sp³-hybridized carbons (Fsp3) is 0.706. The number of halogens is 1. The van der Waals surface area contributed by atoms with E-state index in [0.29, 0.717) is 6.04 Å². The van der Waals surface area contributed by atoms with Gasteiger partial charge in [-0.2, -0.15) is 0 Å². The van der Waals surface area contributed by atoms with Crippen LogP contribution in [0.2, 0.25) is 0 Å². The Hall–Kier alpha value is -0.720. The Morgan fingerprint density at radius 3 is 2.64 bits per heavy atom. The number of nitrogens with one attached hydrogen (secondary N) is 1. The number of likely N-dealkylation sites (tertiary alicyclic amines) is 1. The largest absolute Gasteiger partial charge is 0.469 e. The third-order valence-electron chi connectivity index (χ3n) is 4.54. The normalized spacial score (nSPS) is 20.0. The van der Waals surface area contributed by atoms with Gasteiger partial charge in [-0.05, 0) is 44.2 Å². The first-order valence-electron chi connectivity index (χ1n) is 8.50. The van der Waals surface area contributed by atoms with E-state index in [2.05, 4.69) is 10.2 Å². The van der Waals surface area contributed by atoms with Crippen molar-refractivity contribution in [2.45, 2.75) is 57.4 Å². The maximum Gasteiger partial charge on any atom is 0.194 e. The van der Waals surface area contributed by atoms with Gasteiger partial charge in [0.2, 0.25) is 0 Å². The molecule has 1 aliphatic heterocycles. The van der Waals surface area contributed by atoms with Crippen molar-refractivity contribution in [3.63, 3.8) is 0 Å². The van der Waals surface area contributed by atoms with Gasteiger partial charge >= 0.3 is 0 Å². The van der Waals surface area contributed by atoms with Crippen molar-refractivity contribution in [1.29, 1.82) is 0 Å². The quantitative estimate of drug-likeness (QED) is 0.460. The molecule has 2 heterocycles. The Bertz CT molecular complexity index is 435. The molecule has 0 aromatic carbocycles. The van der Waals surface area contributed by atoms with Crippen molar-refractivity contribution in [2.75, 3.05) is 19.6 Å². The molecule has 1 saturated heterocycles. The summed E-state index contributed by atoms with van der Waals surface area (Å²) in [5, 5.41) is 3.71. The molecule has 1 saturated carbocycles. The van der Waals surface area contributed by atoms with E-state index < -0.39 is 0 Å². The summed E-state index contributed by atoms with van der Waals surface area (Å²) >= 11 is 0. The van der Waals surface area contributed by atoms with Crippen LogP contribution in [-0.2, 0) is 6.42 Å². The number of aliphatic imine (C=N–C) groups is 1. The molecule has 124 valence electrons. The number of piperidine rings is 1. The second-order valence-electron chi connectivity index (χ2n) is 6.21. The van der Waals surface area contributed by atoms with Crippen LogP contribution in [0.3, 0.4) is 0 Å². The highest BCUT2D eigenvalue weighted by Gasteiger charge is 2.20. The van der Waals surface area contributed by atoms with Crippen molar-refractivity contribution < 1.29 is 4.42 Å². The van der Waals surface area contributed by atoms with Crippen LogP contribution in [0.25, 0.3) is 0 Å². The number of guanidine groups is 1. The molecule has 0 spiro atoms. The van der Waals surface area contributed by atoms with Crippen molar-refractivity contribution in [2.24, 2.45) is 4.99 Å². The Balaban J connectivity index is 0.00000176. The molecule has 1 aliphatic carbocycles. The monoisotopic (exact) mass is 417 g/mol. The minimum atomic E-state index is 0. The first-order chi connectivity index (χ1) is 10.4. The van der Waals surface area contributed by atoms with Gasteiger partial charge in [0, 0.05) is 32.1 Å². The summed E-state index contributed by atoms with van der Waals surface area (Å²) < 4.78 is 5.39. The van der Waals surface area contributed by atoms with Crippen molar-refractivity contribution >= 4 is 29.9 Å². The van der Waals surface area contributed by atoms with Crippen LogP contribution in [0, 0.1) is 0 Å². The summed E-state index contributed by atoms with van der Waals surface area (Å²) in [6.07, 6.45) is 11.9. The summed E-state index contributed by atoms with van der Waals surface area (Å²) in [5.74, 6) is 2.16. The molecule has 2 fully saturated rings. The zero-order valence-corrected chi connectivity index (χ0v) is 15.6. The lowest BCUT2D eigenvalue weighted by atomic mass is 10.1. The van der Waals surface area contributed by atoms with Crippen LogP contribution in [0.1, 0.15) is 50.7 Å². The molecular formula is C17H28IN3O. The highest BCUT2D eigenvalue weighted by molar-refractivity contribution is 14.0. The van der Waals surface area contributed by atoms with Crippen molar-refractivity contribution in [3.05, 3.63) is 24.2 Å². The maximum absolute atomic E-state index is 5.39. The van der Waals surface area contributed by atoms with E-state index in [9.17, 15) is 0 Å². The van der Waals surface area contributed by atoms with Gasteiger partial charge in [-0.25, -0.2) is 0 Å². The third-order valence-corrected chi connectivity index (χ3v) is 4.54. The van der Waals surface area contributed by atoms with E-state index in [4.69, 9.17) is 9.41 Å². The van der Waals surface area contributed by atoms with Crippen LogP contribution < -0.4 is 5.32 Å². The van der Waals surface area contributed by atoms with Crippen LogP contribution in [0.4, 0.5) is 0 Å². The van der Waals surface area contributed by atoms with Gasteiger partial charge in [0.25, 0.3) is 0 Å². The van der Waals surface area contributed by atoms with Crippen molar-refractivity contribution in [1.82, 2.24) is 10.2 Å². The van der Waals surface area contributed by atoms with E-state index >= 15 is 0 Å². The first-order valence-corrected chi connectivity index (χ1v) is 8.50. The van der Waals surface area contributed by atoms with Crippen LogP contribution in [0.5, 0.6) is 0 Å². The fourth-order valence-electron chi connectivity index (χ4n) is 3.32. The Labute approximate surface area is 150 Å². The Morgan fingerprint density at radius 1 is 1.18 bits per heavy atom. The predicted molar refractivity (Wildman–Crippen MR) is 101 cm³/mol. The number of furan rings is 1. The van der Waals surface area contributed by atoms with E-state index in [0.717, 1.165) is 37.8 Å². The Kier molecular flexibility index (Phi) is 7.55. The molecule has 5 heteroatoms. The molecule has 0 bridgehead atoms. The fourth-order valence-corrected chi connectivity index (χ4v) is 3.32. The maximum atomic E-state index is 5.39. The van der Waals surface area contributed by atoms with Gasteiger partial charge in [0.15, 0.2) is 5.96 Å². The lowest BCUT2D eigenvalue weighted by Crippen LogP contribution is -2.47. The zero-order chi connectivity index (χ0) is 14.3. The highest BCUT2D eigenvalue weighted by Crippen LogP contribution is 2.18. The Morgan fingerprint density at radius 2 is 1.95 bits per heavy atom. The standard InChI is InChI=1S/C17H27N3O.HI/c1-4-12-20(13-5-1)17(19-15-7-2-3-8-15)18-11-10-16-9-6-14-21-16;/h6,9,14-15H,1-5,7-8,10-13H2,(H,18,19);1H. The molecule has 0 amide bonds. The minimum Gasteiger partial charge on any atom is -0.469 e. The van der Waals surface area contributed by atoms with E-state index in [1.807, 2.05) is 12.1 Å². The second kappa shape index (κ2) is 9.43. The number of hydrogen-bond donors (Lipinski definition) is 1. The van der Waals surface area contributed by atoms with Crippen molar-refractivity contribution in [3.8, 4) is 0 Å². The number of hydrogen-bond acceptors (Lipinski definition) is 2. The molecule has 1 aromatic rings. The van der Waals surface area contributed by atoms with Gasteiger partial charge < -0.3 is 14.6 Å². The van der Waals surface area contributed by atoms with Crippen LogP contribution in [-0.4, -0.2) is 36.5 Å². The molecule has 22 heavy (non-hydrogen) atoms. The summed E-state index contributed by atoms with van der Waals surface area (Å²) in [6, 6.07) is 4.61. The van der Waals surface area contributed by atoms with E-state index in [1.54, 1.807) is 6.26 Å². The molecule has 1 aromatic heterocycles. The van der Waals surface area contributed by atoms with E-state index in [1.165, 1.54) is 44.9 Å². The van der Waals surface area contributed by atoms with Crippen LogP contribution >= 0.6 is 24.0 Å². The summed E-state index contributed by atoms with van der Waals surface area (Å²) in [6.45, 7) is 3.11. The summed E-state index contributed by atoms with van der Waals surface area (Å²) in [5.41, 5.74) is 0. The summed E-state index contributed by atoms with van der Waals surface area (Å²) in [7, 11) is 0. The first kappa shape index (κ1) is 17.6. The summed E-state index contributed by atoms with van der Waals surface area (Å²) in [4.78, 5) is 7.31. The zero-order valence-electron chi connectivity index (χ0n) is 13.3. The second-order valence-corrected chi connectivity index (χ2v) is 6.21. The molecule has 2 aliphatic rings. The minimum absolute atomic E-state index is 0. The molecule has 3 rings (SSSR count).